The molecular formula is C9H11Cl2NO. The Morgan fingerprint density at radius 2 is 2.08 bits per heavy atom. The largest absolute Gasteiger partial charge is 0.383 e. The average molecular weight is 220 g/mol. The third kappa shape index (κ3) is 2.85. The minimum Gasteiger partial charge on any atom is -0.383 e. The molecule has 13 heavy (non-hydrogen) atoms. The lowest BCUT2D eigenvalue weighted by atomic mass is 10.1. The molecule has 0 aliphatic rings. The van der Waals surface area contributed by atoms with Gasteiger partial charge in [0.1, 0.15) is 0 Å². The van der Waals surface area contributed by atoms with Crippen LogP contribution >= 0.6 is 23.2 Å². The molecule has 1 rings (SSSR count). The Morgan fingerprint density at radius 1 is 1.38 bits per heavy atom. The zero-order chi connectivity index (χ0) is 9.84. The lowest BCUT2D eigenvalue weighted by molar-refractivity contribution is 0.181. The number of hydrogen-bond acceptors (Lipinski definition) is 2. The van der Waals surface area contributed by atoms with Crippen molar-refractivity contribution in [1.29, 1.82) is 0 Å². The standard InChI is InChI=1S/C9H11Cl2NO/c1-13-5-9(12)6-2-3-7(10)8(11)4-6/h2-4,9H,5,12H2,1H3. The molecule has 0 spiro atoms. The highest BCUT2D eigenvalue weighted by Gasteiger charge is 2.07. The van der Waals surface area contributed by atoms with Crippen molar-refractivity contribution in [2.24, 2.45) is 5.73 Å². The maximum Gasteiger partial charge on any atom is 0.0655 e. The van der Waals surface area contributed by atoms with E-state index in [1.165, 1.54) is 0 Å². The normalized spacial score (nSPS) is 12.9. The van der Waals surface area contributed by atoms with E-state index >= 15 is 0 Å². The molecule has 0 aromatic heterocycles. The second kappa shape index (κ2) is 4.82. The van der Waals surface area contributed by atoms with Crippen molar-refractivity contribution in [3.8, 4) is 0 Å². The first-order chi connectivity index (χ1) is 6.15. The van der Waals surface area contributed by atoms with Gasteiger partial charge < -0.3 is 10.5 Å². The van der Waals surface area contributed by atoms with Crippen molar-refractivity contribution in [1.82, 2.24) is 0 Å². The summed E-state index contributed by atoms with van der Waals surface area (Å²) in [7, 11) is 1.61. The van der Waals surface area contributed by atoms with Gasteiger partial charge in [-0.1, -0.05) is 29.3 Å². The van der Waals surface area contributed by atoms with Crippen molar-refractivity contribution >= 4 is 23.2 Å². The average Bonchev–Trinajstić information content (AvgIpc) is 2.10. The molecule has 2 N–H and O–H groups in total. The molecule has 2 nitrogen and oxygen atoms in total. The summed E-state index contributed by atoms with van der Waals surface area (Å²) in [6, 6.07) is 5.18. The van der Waals surface area contributed by atoms with Crippen LogP contribution in [0.3, 0.4) is 0 Å². The van der Waals surface area contributed by atoms with Gasteiger partial charge in [-0.2, -0.15) is 0 Å². The SMILES string of the molecule is COCC(N)c1ccc(Cl)c(Cl)c1. The molecule has 1 aromatic rings. The molecule has 1 unspecified atom stereocenters. The Morgan fingerprint density at radius 3 is 2.62 bits per heavy atom. The monoisotopic (exact) mass is 219 g/mol. The second-order valence-electron chi connectivity index (χ2n) is 2.74. The van der Waals surface area contributed by atoms with Crippen molar-refractivity contribution < 1.29 is 4.74 Å². The van der Waals surface area contributed by atoms with Crippen molar-refractivity contribution in [3.63, 3.8) is 0 Å². The zero-order valence-corrected chi connectivity index (χ0v) is 8.77. The van der Waals surface area contributed by atoms with E-state index in [-0.39, 0.29) is 6.04 Å². The molecule has 0 fully saturated rings. The summed E-state index contributed by atoms with van der Waals surface area (Å²) in [4.78, 5) is 0. The van der Waals surface area contributed by atoms with Crippen molar-refractivity contribution in [2.45, 2.75) is 6.04 Å². The third-order valence-corrected chi connectivity index (χ3v) is 2.46. The predicted molar refractivity (Wildman–Crippen MR) is 55.3 cm³/mol. The van der Waals surface area contributed by atoms with Gasteiger partial charge in [-0.25, -0.2) is 0 Å². The van der Waals surface area contributed by atoms with Gasteiger partial charge in [-0.15, -0.1) is 0 Å². The summed E-state index contributed by atoms with van der Waals surface area (Å²) in [5.41, 5.74) is 6.72. The van der Waals surface area contributed by atoms with Crippen LogP contribution < -0.4 is 5.73 Å². The molecule has 72 valence electrons. The minimum atomic E-state index is -0.153. The molecule has 1 aromatic carbocycles. The number of rotatable bonds is 3. The van der Waals surface area contributed by atoms with Crippen LogP contribution in [-0.4, -0.2) is 13.7 Å². The first-order valence-electron chi connectivity index (χ1n) is 3.84. The van der Waals surface area contributed by atoms with Gasteiger partial charge in [0.2, 0.25) is 0 Å². The molecule has 4 heteroatoms. The smallest absolute Gasteiger partial charge is 0.0655 e. The van der Waals surface area contributed by atoms with Crippen molar-refractivity contribution in [3.05, 3.63) is 33.8 Å². The summed E-state index contributed by atoms with van der Waals surface area (Å²) in [5, 5.41) is 1.06. The molecule has 0 saturated carbocycles. The summed E-state index contributed by atoms with van der Waals surface area (Å²) in [6.07, 6.45) is 0. The van der Waals surface area contributed by atoms with E-state index < -0.39 is 0 Å². The van der Waals surface area contributed by atoms with Gasteiger partial charge in [0.05, 0.1) is 22.7 Å². The van der Waals surface area contributed by atoms with Gasteiger partial charge in [-0.05, 0) is 17.7 Å². The summed E-state index contributed by atoms with van der Waals surface area (Å²) in [6.45, 7) is 0.470. The van der Waals surface area contributed by atoms with Crippen LogP contribution in [0.4, 0.5) is 0 Å². The first kappa shape index (κ1) is 10.8. The van der Waals surface area contributed by atoms with Crippen LogP contribution in [0.2, 0.25) is 10.0 Å². The third-order valence-electron chi connectivity index (χ3n) is 1.72. The fourth-order valence-corrected chi connectivity index (χ4v) is 1.33. The predicted octanol–water partition coefficient (Wildman–Crippen LogP) is 2.64. The van der Waals surface area contributed by atoms with Gasteiger partial charge in [-0.3, -0.25) is 0 Å². The molecule has 0 amide bonds. The number of halogens is 2. The van der Waals surface area contributed by atoms with Gasteiger partial charge >= 0.3 is 0 Å². The Labute approximate surface area is 87.6 Å². The quantitative estimate of drug-likeness (QED) is 0.849. The highest BCUT2D eigenvalue weighted by atomic mass is 35.5. The highest BCUT2D eigenvalue weighted by Crippen LogP contribution is 2.24. The van der Waals surface area contributed by atoms with E-state index in [0.717, 1.165) is 5.56 Å². The van der Waals surface area contributed by atoms with Gasteiger partial charge in [0.15, 0.2) is 0 Å². The maximum atomic E-state index is 5.83. The summed E-state index contributed by atoms with van der Waals surface area (Å²) < 4.78 is 4.93. The fourth-order valence-electron chi connectivity index (χ4n) is 1.02. The molecule has 0 aliphatic heterocycles. The van der Waals surface area contributed by atoms with E-state index in [0.29, 0.717) is 16.7 Å². The van der Waals surface area contributed by atoms with E-state index in [9.17, 15) is 0 Å². The number of benzene rings is 1. The Hall–Kier alpha value is -0.280. The van der Waals surface area contributed by atoms with E-state index in [4.69, 9.17) is 33.7 Å². The highest BCUT2D eigenvalue weighted by molar-refractivity contribution is 6.42. The van der Waals surface area contributed by atoms with Crippen LogP contribution in [-0.2, 0) is 4.74 Å². The molecule has 1 atom stereocenters. The minimum absolute atomic E-state index is 0.153. The lowest BCUT2D eigenvalue weighted by Crippen LogP contribution is -2.15. The number of methoxy groups -OCH3 is 1. The van der Waals surface area contributed by atoms with Crippen LogP contribution in [0.1, 0.15) is 11.6 Å². The maximum absolute atomic E-state index is 5.83. The van der Waals surface area contributed by atoms with Gasteiger partial charge in [0, 0.05) is 7.11 Å². The number of ether oxygens (including phenoxy) is 1. The Kier molecular flexibility index (Phi) is 4.00. The number of hydrogen-bond donors (Lipinski definition) is 1. The van der Waals surface area contributed by atoms with Gasteiger partial charge in [0.25, 0.3) is 0 Å². The lowest BCUT2D eigenvalue weighted by Gasteiger charge is -2.11. The zero-order valence-electron chi connectivity index (χ0n) is 7.26. The second-order valence-corrected chi connectivity index (χ2v) is 3.55. The summed E-state index contributed by atoms with van der Waals surface area (Å²) >= 11 is 11.6. The molecule has 0 bridgehead atoms. The fraction of sp³-hybridized carbons (Fsp3) is 0.333. The van der Waals surface area contributed by atoms with Crippen LogP contribution in [0.5, 0.6) is 0 Å². The van der Waals surface area contributed by atoms with E-state index in [1.807, 2.05) is 6.07 Å². The molecular weight excluding hydrogens is 209 g/mol. The molecule has 0 saturated heterocycles. The Bertz CT molecular complexity index is 291. The summed E-state index contributed by atoms with van der Waals surface area (Å²) in [5.74, 6) is 0. The molecule has 0 radical (unpaired) electrons. The van der Waals surface area contributed by atoms with Crippen LogP contribution in [0.15, 0.2) is 18.2 Å². The topological polar surface area (TPSA) is 35.2 Å². The molecule has 0 heterocycles. The van der Waals surface area contributed by atoms with E-state index in [1.54, 1.807) is 19.2 Å². The van der Waals surface area contributed by atoms with E-state index in [2.05, 4.69) is 0 Å². The number of nitrogens with two attached hydrogens (primary N) is 1. The first-order valence-corrected chi connectivity index (χ1v) is 4.60. The van der Waals surface area contributed by atoms with Crippen LogP contribution in [0.25, 0.3) is 0 Å². The Balaban J connectivity index is 2.84. The van der Waals surface area contributed by atoms with Crippen LogP contribution in [0, 0.1) is 0 Å². The molecule has 0 aliphatic carbocycles. The van der Waals surface area contributed by atoms with Crippen molar-refractivity contribution in [2.75, 3.05) is 13.7 Å².